The first kappa shape index (κ1) is 23.2. The third-order valence-corrected chi connectivity index (χ3v) is 11.8. The molecule has 0 amide bonds. The van der Waals surface area contributed by atoms with Crippen molar-refractivity contribution in [3.8, 4) is 0 Å². The van der Waals surface area contributed by atoms with Gasteiger partial charge in [0.2, 0.25) is 0 Å². The second-order valence-electron chi connectivity index (χ2n) is 13.1. The van der Waals surface area contributed by atoms with Crippen LogP contribution in [0.25, 0.3) is 0 Å². The summed E-state index contributed by atoms with van der Waals surface area (Å²) in [5.41, 5.74) is -0.746. The van der Waals surface area contributed by atoms with Gasteiger partial charge in [0.15, 0.2) is 0 Å². The molecule has 0 heterocycles. The summed E-state index contributed by atoms with van der Waals surface area (Å²) in [4.78, 5) is 28.5. The number of rotatable bonds is 3. The first-order valence-electron chi connectivity index (χ1n) is 12.8. The molecule has 0 saturated heterocycles. The number of fused-ring (bicyclic) bond motifs is 4. The molecule has 180 valence electrons. The minimum atomic E-state index is -0.811. The van der Waals surface area contributed by atoms with Gasteiger partial charge in [-0.1, -0.05) is 71.9 Å². The minimum absolute atomic E-state index is 0.0102. The second kappa shape index (κ2) is 7.01. The Kier molecular flexibility index (Phi) is 4.93. The maximum Gasteiger partial charge on any atom is 0.145 e. The van der Waals surface area contributed by atoms with E-state index in [9.17, 15) is 19.8 Å². The highest BCUT2D eigenvalue weighted by molar-refractivity contribution is 5.94. The normalized spacial score (nSPS) is 46.4. The molecule has 4 aliphatic carbocycles. The zero-order valence-electron chi connectivity index (χ0n) is 21.0. The summed E-state index contributed by atoms with van der Waals surface area (Å²) in [6, 6.07) is 9.74. The highest BCUT2D eigenvalue weighted by atomic mass is 16.3. The monoisotopic (exact) mass is 452 g/mol. The standard InChI is InChI=1S/C29H40O4/c1-26(2)17-12-14-28(26,5)24(32)20(22(17)30)19(16-10-8-7-9-11-16)21-23(31)18-13-15-29(6,25(21)33)27(18,3)4/h7-11,17-23,30-31H,12-15H2,1-6H3. The molecule has 4 heteroatoms. The van der Waals surface area contributed by atoms with Crippen molar-refractivity contribution in [1.29, 1.82) is 0 Å². The third-order valence-electron chi connectivity index (χ3n) is 11.8. The fourth-order valence-corrected chi connectivity index (χ4v) is 8.76. The van der Waals surface area contributed by atoms with Crippen LogP contribution >= 0.6 is 0 Å². The van der Waals surface area contributed by atoms with Crippen molar-refractivity contribution in [3.63, 3.8) is 0 Å². The van der Waals surface area contributed by atoms with Gasteiger partial charge in [-0.15, -0.1) is 0 Å². The molecule has 5 rings (SSSR count). The lowest BCUT2D eigenvalue weighted by Crippen LogP contribution is -2.62. The molecule has 1 aromatic carbocycles. The summed E-state index contributed by atoms with van der Waals surface area (Å²) >= 11 is 0. The van der Waals surface area contributed by atoms with Crippen molar-refractivity contribution >= 4 is 11.6 Å². The Morgan fingerprint density at radius 1 is 0.727 bits per heavy atom. The number of hydrogen-bond acceptors (Lipinski definition) is 4. The van der Waals surface area contributed by atoms with Crippen molar-refractivity contribution in [3.05, 3.63) is 35.9 Å². The Labute approximate surface area is 198 Å². The fraction of sp³-hybridized carbons (Fsp3) is 0.724. The molecule has 4 saturated carbocycles. The van der Waals surface area contributed by atoms with Gasteiger partial charge in [-0.2, -0.15) is 0 Å². The maximum absolute atomic E-state index is 14.2. The molecule has 1 aromatic rings. The van der Waals surface area contributed by atoms with Crippen LogP contribution in [0.1, 0.15) is 78.7 Å². The lowest BCUT2D eigenvalue weighted by Gasteiger charge is -2.56. The van der Waals surface area contributed by atoms with E-state index in [0.717, 1.165) is 31.2 Å². The van der Waals surface area contributed by atoms with E-state index in [1.165, 1.54) is 0 Å². The molecule has 0 aromatic heterocycles. The topological polar surface area (TPSA) is 74.6 Å². The molecule has 4 fully saturated rings. The number of benzene rings is 1. The molecule has 0 spiro atoms. The van der Waals surface area contributed by atoms with Crippen LogP contribution in [-0.2, 0) is 9.59 Å². The van der Waals surface area contributed by atoms with Gasteiger partial charge in [-0.3, -0.25) is 9.59 Å². The lowest BCUT2D eigenvalue weighted by molar-refractivity contribution is -0.169. The summed E-state index contributed by atoms with van der Waals surface area (Å²) in [6.45, 7) is 12.6. The summed E-state index contributed by atoms with van der Waals surface area (Å²) in [5.74, 6) is -1.69. The van der Waals surface area contributed by atoms with Gasteiger partial charge in [0.25, 0.3) is 0 Å². The molecule has 0 radical (unpaired) electrons. The Morgan fingerprint density at radius 3 is 1.52 bits per heavy atom. The van der Waals surface area contributed by atoms with Crippen LogP contribution in [0.4, 0.5) is 0 Å². The number of ketones is 2. The van der Waals surface area contributed by atoms with Gasteiger partial charge < -0.3 is 10.2 Å². The second-order valence-corrected chi connectivity index (χ2v) is 13.1. The number of hydrogen-bond donors (Lipinski definition) is 2. The van der Waals surface area contributed by atoms with Gasteiger partial charge >= 0.3 is 0 Å². The van der Waals surface area contributed by atoms with Crippen LogP contribution in [0.3, 0.4) is 0 Å². The number of aliphatic hydroxyl groups excluding tert-OH is 2. The summed E-state index contributed by atoms with van der Waals surface area (Å²) in [6.07, 6.45) is 1.56. The van der Waals surface area contributed by atoms with Crippen molar-refractivity contribution in [2.45, 2.75) is 85.4 Å². The Bertz CT molecular complexity index is 921. The maximum atomic E-state index is 14.2. The van der Waals surface area contributed by atoms with Crippen LogP contribution in [-0.4, -0.2) is 34.0 Å². The van der Waals surface area contributed by atoms with E-state index in [0.29, 0.717) is 0 Å². The third kappa shape index (κ3) is 2.66. The van der Waals surface area contributed by atoms with Gasteiger partial charge in [0.05, 0.1) is 24.0 Å². The summed E-state index contributed by atoms with van der Waals surface area (Å²) < 4.78 is 0. The zero-order valence-corrected chi connectivity index (χ0v) is 21.0. The largest absolute Gasteiger partial charge is 0.392 e. The number of Topliss-reactive ketones (excluding diaryl/α,β-unsaturated/α-hetero) is 2. The fourth-order valence-electron chi connectivity index (χ4n) is 8.76. The molecular formula is C29H40O4. The van der Waals surface area contributed by atoms with E-state index >= 15 is 0 Å². The molecule has 8 unspecified atom stereocenters. The minimum Gasteiger partial charge on any atom is -0.392 e. The van der Waals surface area contributed by atoms with Crippen LogP contribution in [0.5, 0.6) is 0 Å². The van der Waals surface area contributed by atoms with Crippen molar-refractivity contribution < 1.29 is 19.8 Å². The van der Waals surface area contributed by atoms with Crippen LogP contribution in [0.2, 0.25) is 0 Å². The van der Waals surface area contributed by atoms with E-state index in [-0.39, 0.29) is 34.2 Å². The number of carbonyl (C=O) groups excluding carboxylic acids is 2. The predicted octanol–water partition coefficient (Wildman–Crippen LogP) is 4.77. The molecule has 4 aliphatic rings. The van der Waals surface area contributed by atoms with Gasteiger partial charge in [0, 0.05) is 16.7 Å². The number of carbonyl (C=O) groups is 2. The molecular weight excluding hydrogens is 412 g/mol. The predicted molar refractivity (Wildman–Crippen MR) is 127 cm³/mol. The highest BCUT2D eigenvalue weighted by Gasteiger charge is 2.70. The van der Waals surface area contributed by atoms with Gasteiger partial charge in [-0.25, -0.2) is 0 Å². The Balaban J connectivity index is 1.67. The number of aliphatic hydroxyl groups is 2. The molecule has 8 atom stereocenters. The molecule has 2 N–H and O–H groups in total. The first-order valence-corrected chi connectivity index (χ1v) is 12.8. The Hall–Kier alpha value is -1.52. The zero-order chi connectivity index (χ0) is 24.1. The van der Waals surface area contributed by atoms with E-state index < -0.39 is 40.8 Å². The Morgan fingerprint density at radius 2 is 1.12 bits per heavy atom. The summed E-state index contributed by atoms with van der Waals surface area (Å²) in [5, 5.41) is 23.4. The average Bonchev–Trinajstić information content (AvgIpc) is 3.07. The van der Waals surface area contributed by atoms with Gasteiger partial charge in [0.1, 0.15) is 11.6 Å². The smallest absolute Gasteiger partial charge is 0.145 e. The molecule has 4 nitrogen and oxygen atoms in total. The first-order chi connectivity index (χ1) is 15.3. The van der Waals surface area contributed by atoms with Crippen LogP contribution in [0.15, 0.2) is 30.3 Å². The van der Waals surface area contributed by atoms with Crippen molar-refractivity contribution in [1.82, 2.24) is 0 Å². The molecule has 4 bridgehead atoms. The SMILES string of the molecule is CC12CCC(C(O)C(C(c3ccccc3)C3C(=O)C4(C)CCC(C3O)C4(C)C)C1=O)C2(C)C. The van der Waals surface area contributed by atoms with E-state index in [1.54, 1.807) is 0 Å². The van der Waals surface area contributed by atoms with E-state index in [4.69, 9.17) is 0 Å². The van der Waals surface area contributed by atoms with E-state index in [1.807, 2.05) is 30.3 Å². The van der Waals surface area contributed by atoms with Gasteiger partial charge in [-0.05, 0) is 53.9 Å². The summed E-state index contributed by atoms with van der Waals surface area (Å²) in [7, 11) is 0. The highest BCUT2D eigenvalue weighted by Crippen LogP contribution is 2.68. The van der Waals surface area contributed by atoms with Crippen LogP contribution in [0, 0.1) is 45.3 Å². The molecule has 0 aliphatic heterocycles. The molecule has 33 heavy (non-hydrogen) atoms. The van der Waals surface area contributed by atoms with E-state index in [2.05, 4.69) is 41.5 Å². The average molecular weight is 453 g/mol. The lowest BCUT2D eigenvalue weighted by atomic mass is 9.48. The quantitative estimate of drug-likeness (QED) is 0.692. The van der Waals surface area contributed by atoms with Crippen molar-refractivity contribution in [2.24, 2.45) is 45.3 Å². The van der Waals surface area contributed by atoms with Crippen LogP contribution < -0.4 is 0 Å². The van der Waals surface area contributed by atoms with Crippen molar-refractivity contribution in [2.75, 3.05) is 0 Å².